The third-order valence-electron chi connectivity index (χ3n) is 2.09. The standard InChI is InChI=1S/C12H18O2/c1-10(2)12-6-4-5-11(7-12)8-14-9-13-3/h4-7,10H,8-9H2,1-3H3. The van der Waals surface area contributed by atoms with Crippen LogP contribution in [0.2, 0.25) is 0 Å². The highest BCUT2D eigenvalue weighted by molar-refractivity contribution is 5.25. The van der Waals surface area contributed by atoms with Crippen LogP contribution in [-0.4, -0.2) is 13.9 Å². The summed E-state index contributed by atoms with van der Waals surface area (Å²) >= 11 is 0. The first kappa shape index (κ1) is 11.2. The molecular formula is C12H18O2. The van der Waals surface area contributed by atoms with E-state index in [1.54, 1.807) is 7.11 Å². The Balaban J connectivity index is 2.55. The molecule has 78 valence electrons. The summed E-state index contributed by atoms with van der Waals surface area (Å²) in [6, 6.07) is 8.47. The normalized spacial score (nSPS) is 10.9. The summed E-state index contributed by atoms with van der Waals surface area (Å²) < 4.78 is 10.1. The average molecular weight is 194 g/mol. The summed E-state index contributed by atoms with van der Waals surface area (Å²) in [6.45, 7) is 5.35. The van der Waals surface area contributed by atoms with Crippen molar-refractivity contribution in [1.82, 2.24) is 0 Å². The minimum atomic E-state index is 0.353. The fourth-order valence-electron chi connectivity index (χ4n) is 1.28. The number of benzene rings is 1. The van der Waals surface area contributed by atoms with Crippen LogP contribution in [0.5, 0.6) is 0 Å². The van der Waals surface area contributed by atoms with Crippen LogP contribution < -0.4 is 0 Å². The van der Waals surface area contributed by atoms with Gasteiger partial charge in [0.1, 0.15) is 6.79 Å². The first-order chi connectivity index (χ1) is 6.74. The molecule has 0 saturated heterocycles. The van der Waals surface area contributed by atoms with Crippen molar-refractivity contribution in [2.75, 3.05) is 13.9 Å². The molecule has 1 rings (SSSR count). The highest BCUT2D eigenvalue weighted by atomic mass is 16.7. The third kappa shape index (κ3) is 3.48. The van der Waals surface area contributed by atoms with Crippen molar-refractivity contribution in [1.29, 1.82) is 0 Å². The van der Waals surface area contributed by atoms with E-state index in [2.05, 4.69) is 38.1 Å². The quantitative estimate of drug-likeness (QED) is 0.530. The molecule has 0 fully saturated rings. The predicted molar refractivity (Wildman–Crippen MR) is 57.2 cm³/mol. The molecule has 0 aromatic heterocycles. The molecule has 0 aliphatic heterocycles. The van der Waals surface area contributed by atoms with Gasteiger partial charge in [0, 0.05) is 7.11 Å². The molecule has 0 N–H and O–H groups in total. The molecule has 0 bridgehead atoms. The number of methoxy groups -OCH3 is 1. The molecule has 1 aromatic carbocycles. The van der Waals surface area contributed by atoms with Crippen LogP contribution in [0.3, 0.4) is 0 Å². The molecule has 0 amide bonds. The minimum Gasteiger partial charge on any atom is -0.359 e. The second-order valence-electron chi connectivity index (χ2n) is 3.65. The van der Waals surface area contributed by atoms with E-state index in [9.17, 15) is 0 Å². The van der Waals surface area contributed by atoms with E-state index in [4.69, 9.17) is 9.47 Å². The van der Waals surface area contributed by atoms with Gasteiger partial charge >= 0.3 is 0 Å². The van der Waals surface area contributed by atoms with Gasteiger partial charge < -0.3 is 9.47 Å². The van der Waals surface area contributed by atoms with Crippen molar-refractivity contribution in [3.05, 3.63) is 35.4 Å². The lowest BCUT2D eigenvalue weighted by atomic mass is 10.0. The molecule has 0 atom stereocenters. The molecule has 0 spiro atoms. The lowest BCUT2D eigenvalue weighted by Crippen LogP contribution is -1.98. The van der Waals surface area contributed by atoms with Crippen LogP contribution in [0.4, 0.5) is 0 Å². The Morgan fingerprint density at radius 2 is 2.07 bits per heavy atom. The van der Waals surface area contributed by atoms with Gasteiger partial charge in [0.05, 0.1) is 6.61 Å². The van der Waals surface area contributed by atoms with Crippen LogP contribution in [-0.2, 0) is 16.1 Å². The van der Waals surface area contributed by atoms with Crippen molar-refractivity contribution >= 4 is 0 Å². The molecule has 14 heavy (non-hydrogen) atoms. The summed E-state index contributed by atoms with van der Waals surface area (Å²) in [6.07, 6.45) is 0. The molecule has 0 saturated carbocycles. The lowest BCUT2D eigenvalue weighted by Gasteiger charge is -2.08. The van der Waals surface area contributed by atoms with E-state index >= 15 is 0 Å². The average Bonchev–Trinajstić information content (AvgIpc) is 2.19. The topological polar surface area (TPSA) is 18.5 Å². The van der Waals surface area contributed by atoms with Gasteiger partial charge in [-0.3, -0.25) is 0 Å². The Labute approximate surface area is 85.8 Å². The minimum absolute atomic E-state index is 0.353. The maximum atomic E-state index is 5.28. The molecule has 0 radical (unpaired) electrons. The van der Waals surface area contributed by atoms with Crippen LogP contribution in [0.25, 0.3) is 0 Å². The van der Waals surface area contributed by atoms with E-state index in [-0.39, 0.29) is 0 Å². The molecule has 0 heterocycles. The van der Waals surface area contributed by atoms with Gasteiger partial charge in [-0.1, -0.05) is 38.1 Å². The Morgan fingerprint density at radius 3 is 2.71 bits per heavy atom. The zero-order valence-corrected chi connectivity index (χ0v) is 9.12. The second-order valence-corrected chi connectivity index (χ2v) is 3.65. The van der Waals surface area contributed by atoms with Gasteiger partial charge in [-0.15, -0.1) is 0 Å². The van der Waals surface area contributed by atoms with Crippen molar-refractivity contribution in [2.45, 2.75) is 26.4 Å². The van der Waals surface area contributed by atoms with Crippen molar-refractivity contribution in [3.63, 3.8) is 0 Å². The van der Waals surface area contributed by atoms with Crippen molar-refractivity contribution in [3.8, 4) is 0 Å². The number of hydrogen-bond donors (Lipinski definition) is 0. The Hall–Kier alpha value is -0.860. The van der Waals surface area contributed by atoms with Gasteiger partial charge in [0.15, 0.2) is 0 Å². The Bertz CT molecular complexity index is 269. The zero-order chi connectivity index (χ0) is 10.4. The fourth-order valence-corrected chi connectivity index (χ4v) is 1.28. The molecule has 0 unspecified atom stereocenters. The van der Waals surface area contributed by atoms with Crippen molar-refractivity contribution in [2.24, 2.45) is 0 Å². The van der Waals surface area contributed by atoms with Crippen LogP contribution in [0.1, 0.15) is 30.9 Å². The van der Waals surface area contributed by atoms with E-state index < -0.39 is 0 Å². The van der Waals surface area contributed by atoms with E-state index in [0.717, 1.165) is 0 Å². The number of rotatable bonds is 5. The highest BCUT2D eigenvalue weighted by Crippen LogP contribution is 2.15. The number of ether oxygens (including phenoxy) is 2. The van der Waals surface area contributed by atoms with E-state index in [0.29, 0.717) is 19.3 Å². The monoisotopic (exact) mass is 194 g/mol. The third-order valence-corrected chi connectivity index (χ3v) is 2.09. The van der Waals surface area contributed by atoms with E-state index in [1.165, 1.54) is 11.1 Å². The first-order valence-electron chi connectivity index (χ1n) is 4.89. The van der Waals surface area contributed by atoms with Crippen LogP contribution in [0, 0.1) is 0 Å². The Kier molecular flexibility index (Phi) is 4.63. The van der Waals surface area contributed by atoms with Gasteiger partial charge in [0.25, 0.3) is 0 Å². The van der Waals surface area contributed by atoms with E-state index in [1.807, 2.05) is 0 Å². The largest absolute Gasteiger partial charge is 0.359 e. The molecule has 0 aliphatic carbocycles. The fraction of sp³-hybridized carbons (Fsp3) is 0.500. The predicted octanol–water partition coefficient (Wildman–Crippen LogP) is 2.93. The first-order valence-corrected chi connectivity index (χ1v) is 4.89. The van der Waals surface area contributed by atoms with Gasteiger partial charge in [-0.25, -0.2) is 0 Å². The summed E-state index contributed by atoms with van der Waals surface area (Å²) in [5, 5.41) is 0. The summed E-state index contributed by atoms with van der Waals surface area (Å²) in [7, 11) is 1.63. The second kappa shape index (κ2) is 5.78. The SMILES string of the molecule is COCOCc1cccc(C(C)C)c1. The van der Waals surface area contributed by atoms with Crippen molar-refractivity contribution < 1.29 is 9.47 Å². The number of hydrogen-bond acceptors (Lipinski definition) is 2. The van der Waals surface area contributed by atoms with Crippen LogP contribution in [0.15, 0.2) is 24.3 Å². The summed E-state index contributed by atoms with van der Waals surface area (Å²) in [4.78, 5) is 0. The van der Waals surface area contributed by atoms with Gasteiger partial charge in [-0.2, -0.15) is 0 Å². The summed E-state index contributed by atoms with van der Waals surface area (Å²) in [5.41, 5.74) is 2.55. The lowest BCUT2D eigenvalue weighted by molar-refractivity contribution is -0.0390. The van der Waals surface area contributed by atoms with Gasteiger partial charge in [0.2, 0.25) is 0 Å². The maximum Gasteiger partial charge on any atom is 0.146 e. The summed E-state index contributed by atoms with van der Waals surface area (Å²) in [5.74, 6) is 0.567. The molecule has 2 heteroatoms. The molecule has 1 aromatic rings. The zero-order valence-electron chi connectivity index (χ0n) is 9.12. The maximum absolute atomic E-state index is 5.28. The molecule has 2 nitrogen and oxygen atoms in total. The van der Waals surface area contributed by atoms with Gasteiger partial charge in [-0.05, 0) is 17.0 Å². The Morgan fingerprint density at radius 1 is 1.29 bits per heavy atom. The van der Waals surface area contributed by atoms with Crippen LogP contribution >= 0.6 is 0 Å². The smallest absolute Gasteiger partial charge is 0.146 e. The molecule has 0 aliphatic rings. The molecular weight excluding hydrogens is 176 g/mol. The highest BCUT2D eigenvalue weighted by Gasteiger charge is 1.99.